The van der Waals surface area contributed by atoms with Crippen molar-refractivity contribution in [1.82, 2.24) is 0 Å². The van der Waals surface area contributed by atoms with Crippen molar-refractivity contribution >= 4 is 21.7 Å². The minimum atomic E-state index is -0.625. The summed E-state index contributed by atoms with van der Waals surface area (Å²) in [7, 11) is 0. The number of rotatable bonds is 1. The summed E-state index contributed by atoms with van der Waals surface area (Å²) in [6.45, 7) is 0. The van der Waals surface area contributed by atoms with Gasteiger partial charge in [-0.1, -0.05) is 52.3 Å². The van der Waals surface area contributed by atoms with Crippen LogP contribution in [0.3, 0.4) is 0 Å². The van der Waals surface area contributed by atoms with Gasteiger partial charge in [0.1, 0.15) is 6.10 Å². The van der Waals surface area contributed by atoms with Crippen molar-refractivity contribution in [2.75, 3.05) is 0 Å². The molecule has 4 rings (SSSR count). The zero-order chi connectivity index (χ0) is 14.4. The second-order valence-electron chi connectivity index (χ2n) is 5.78. The Balaban J connectivity index is 1.70. The molecule has 2 atom stereocenters. The number of carbonyl (C=O) groups excluding carboxylic acids is 1. The van der Waals surface area contributed by atoms with E-state index in [0.29, 0.717) is 0 Å². The quantitative estimate of drug-likeness (QED) is 0.715. The Labute approximate surface area is 132 Å². The van der Waals surface area contributed by atoms with Gasteiger partial charge in [0.05, 0.1) is 0 Å². The number of ether oxygens (including phenoxy) is 1. The van der Waals surface area contributed by atoms with E-state index in [-0.39, 0.29) is 11.9 Å². The van der Waals surface area contributed by atoms with Gasteiger partial charge in [-0.2, -0.15) is 0 Å². The third-order valence-corrected chi connectivity index (χ3v) is 5.04. The van der Waals surface area contributed by atoms with Crippen LogP contribution in [0.15, 0.2) is 53.0 Å². The van der Waals surface area contributed by atoms with Gasteiger partial charge in [-0.25, -0.2) is 0 Å². The molecule has 0 amide bonds. The number of halogens is 1. The van der Waals surface area contributed by atoms with Crippen LogP contribution in [0.25, 0.3) is 0 Å². The molecular weight excluding hydrogens is 328 g/mol. The highest BCUT2D eigenvalue weighted by Gasteiger charge is 2.62. The van der Waals surface area contributed by atoms with Crippen molar-refractivity contribution in [3.63, 3.8) is 0 Å². The first-order chi connectivity index (χ1) is 10.2. The molecule has 1 heterocycles. The molecule has 2 aliphatic rings. The number of hydrogen-bond donors (Lipinski definition) is 0. The van der Waals surface area contributed by atoms with Gasteiger partial charge in [-0.3, -0.25) is 4.79 Å². The fraction of sp³-hybridized carbons (Fsp3) is 0.278. The molecule has 3 heteroatoms. The van der Waals surface area contributed by atoms with Crippen LogP contribution < -0.4 is 0 Å². The summed E-state index contributed by atoms with van der Waals surface area (Å²) in [6.07, 6.45) is 2.67. The van der Waals surface area contributed by atoms with E-state index in [9.17, 15) is 4.79 Å². The Morgan fingerprint density at radius 3 is 2.67 bits per heavy atom. The molecule has 0 N–H and O–H groups in total. The number of epoxide rings is 1. The predicted molar refractivity (Wildman–Crippen MR) is 84.4 cm³/mol. The molecule has 2 aromatic carbocycles. The standard InChI is InChI=1S/C18H15BrO2/c19-14-9-7-13(8-10-14)17-18(21-17)11-3-5-12-4-1-2-6-15(12)16(18)20/h1-2,4,6-10,17H,3,5,11H2. The topological polar surface area (TPSA) is 29.6 Å². The van der Waals surface area contributed by atoms with E-state index in [1.807, 2.05) is 42.5 Å². The Bertz CT molecular complexity index is 707. The summed E-state index contributed by atoms with van der Waals surface area (Å²) in [6, 6.07) is 16.0. The fourth-order valence-corrected chi connectivity index (χ4v) is 3.62. The van der Waals surface area contributed by atoms with E-state index in [1.165, 1.54) is 0 Å². The molecular formula is C18H15BrO2. The third-order valence-electron chi connectivity index (χ3n) is 4.51. The summed E-state index contributed by atoms with van der Waals surface area (Å²) < 4.78 is 7.00. The van der Waals surface area contributed by atoms with E-state index in [4.69, 9.17) is 4.74 Å². The summed E-state index contributed by atoms with van der Waals surface area (Å²) >= 11 is 3.44. The van der Waals surface area contributed by atoms with E-state index < -0.39 is 5.60 Å². The molecule has 1 aliphatic heterocycles. The molecule has 2 unspecified atom stereocenters. The average molecular weight is 343 g/mol. The van der Waals surface area contributed by atoms with Crippen LogP contribution in [0.4, 0.5) is 0 Å². The van der Waals surface area contributed by atoms with Gasteiger partial charge in [0.25, 0.3) is 0 Å². The van der Waals surface area contributed by atoms with Crippen molar-refractivity contribution in [3.05, 3.63) is 69.7 Å². The van der Waals surface area contributed by atoms with Crippen LogP contribution in [0.2, 0.25) is 0 Å². The van der Waals surface area contributed by atoms with E-state index >= 15 is 0 Å². The molecule has 0 bridgehead atoms. The lowest BCUT2D eigenvalue weighted by Crippen LogP contribution is -2.24. The third kappa shape index (κ3) is 2.07. The van der Waals surface area contributed by atoms with Crippen molar-refractivity contribution < 1.29 is 9.53 Å². The molecule has 1 saturated heterocycles. The number of carbonyl (C=O) groups is 1. The van der Waals surface area contributed by atoms with Gasteiger partial charge in [0, 0.05) is 10.0 Å². The maximum Gasteiger partial charge on any atom is 0.197 e. The van der Waals surface area contributed by atoms with Crippen molar-refractivity contribution in [3.8, 4) is 0 Å². The van der Waals surface area contributed by atoms with Gasteiger partial charge >= 0.3 is 0 Å². The first-order valence-corrected chi connectivity index (χ1v) is 8.06. The minimum absolute atomic E-state index is 0.0933. The summed E-state index contributed by atoms with van der Waals surface area (Å²) in [4.78, 5) is 12.9. The average Bonchev–Trinajstić information content (AvgIpc) is 3.25. The molecule has 2 aromatic rings. The number of benzene rings is 2. The molecule has 106 valence electrons. The lowest BCUT2D eigenvalue weighted by molar-refractivity contribution is 0.0867. The lowest BCUT2D eigenvalue weighted by atomic mass is 9.89. The molecule has 1 aliphatic carbocycles. The molecule has 0 aromatic heterocycles. The number of Topliss-reactive ketones (excluding diaryl/α,β-unsaturated/α-hetero) is 1. The zero-order valence-electron chi connectivity index (χ0n) is 11.5. The summed E-state index contributed by atoms with van der Waals surface area (Å²) in [5, 5.41) is 0. The van der Waals surface area contributed by atoms with E-state index in [0.717, 1.165) is 40.4 Å². The molecule has 1 fully saturated rings. The second-order valence-corrected chi connectivity index (χ2v) is 6.69. The zero-order valence-corrected chi connectivity index (χ0v) is 13.1. The van der Waals surface area contributed by atoms with Gasteiger partial charge in [0.2, 0.25) is 0 Å². The minimum Gasteiger partial charge on any atom is -0.352 e. The molecule has 0 radical (unpaired) electrons. The number of ketones is 1. The Morgan fingerprint density at radius 2 is 1.86 bits per heavy atom. The van der Waals surface area contributed by atoms with Gasteiger partial charge in [-0.05, 0) is 42.5 Å². The molecule has 21 heavy (non-hydrogen) atoms. The normalized spacial score (nSPS) is 27.3. The summed E-state index contributed by atoms with van der Waals surface area (Å²) in [5.74, 6) is 0.156. The SMILES string of the molecule is O=C1c2ccccc2CCCC12OC2c1ccc(Br)cc1. The predicted octanol–water partition coefficient (Wildman–Crippen LogP) is 4.48. The highest BCUT2D eigenvalue weighted by Crippen LogP contribution is 2.55. The monoisotopic (exact) mass is 342 g/mol. The summed E-state index contributed by atoms with van der Waals surface area (Å²) in [5.41, 5.74) is 2.46. The van der Waals surface area contributed by atoms with E-state index in [1.54, 1.807) is 0 Å². The smallest absolute Gasteiger partial charge is 0.197 e. The highest BCUT2D eigenvalue weighted by atomic mass is 79.9. The van der Waals surface area contributed by atoms with Crippen LogP contribution in [-0.4, -0.2) is 11.4 Å². The van der Waals surface area contributed by atoms with Crippen molar-refractivity contribution in [2.45, 2.75) is 31.0 Å². The maximum absolute atomic E-state index is 12.9. The maximum atomic E-state index is 12.9. The number of fused-ring (bicyclic) bond motifs is 1. The van der Waals surface area contributed by atoms with Crippen LogP contribution in [0.5, 0.6) is 0 Å². The van der Waals surface area contributed by atoms with Crippen LogP contribution in [0.1, 0.15) is 40.4 Å². The fourth-order valence-electron chi connectivity index (χ4n) is 3.36. The highest BCUT2D eigenvalue weighted by molar-refractivity contribution is 9.10. The van der Waals surface area contributed by atoms with Crippen molar-refractivity contribution in [2.24, 2.45) is 0 Å². The van der Waals surface area contributed by atoms with Crippen LogP contribution in [-0.2, 0) is 11.2 Å². The van der Waals surface area contributed by atoms with Crippen molar-refractivity contribution in [1.29, 1.82) is 0 Å². The Morgan fingerprint density at radius 1 is 1.10 bits per heavy atom. The lowest BCUT2D eigenvalue weighted by Gasteiger charge is -2.09. The number of hydrogen-bond acceptors (Lipinski definition) is 2. The molecule has 0 saturated carbocycles. The van der Waals surface area contributed by atoms with Crippen LogP contribution in [0, 0.1) is 0 Å². The first-order valence-electron chi connectivity index (χ1n) is 7.27. The van der Waals surface area contributed by atoms with Gasteiger partial charge in [-0.15, -0.1) is 0 Å². The van der Waals surface area contributed by atoms with Gasteiger partial charge < -0.3 is 4.74 Å². The second kappa shape index (κ2) is 4.79. The largest absolute Gasteiger partial charge is 0.352 e. The van der Waals surface area contributed by atoms with Crippen LogP contribution >= 0.6 is 15.9 Å². The van der Waals surface area contributed by atoms with E-state index in [2.05, 4.69) is 22.0 Å². The Kier molecular flexibility index (Phi) is 3.02. The Hall–Kier alpha value is -1.45. The first kappa shape index (κ1) is 13.2. The molecule has 2 nitrogen and oxygen atoms in total. The molecule has 1 spiro atoms. The van der Waals surface area contributed by atoms with Gasteiger partial charge in [0.15, 0.2) is 11.4 Å². The number of aryl methyl sites for hydroxylation is 1.